The minimum atomic E-state index is -2.98. The molecule has 2 rings (SSSR count). The van der Waals surface area contributed by atoms with Crippen molar-refractivity contribution >= 4 is 8.25 Å². The van der Waals surface area contributed by atoms with Gasteiger partial charge in [-0.15, -0.1) is 9.42 Å². The molecule has 0 spiro atoms. The van der Waals surface area contributed by atoms with Crippen LogP contribution >= 0.6 is 8.25 Å². The molecule has 11 heteroatoms. The van der Waals surface area contributed by atoms with Gasteiger partial charge in [0.05, 0.1) is 6.61 Å². The summed E-state index contributed by atoms with van der Waals surface area (Å²) in [7, 11) is -2.98. The number of unbranched alkanes of at least 4 members (excludes halogenated alkanes) is 15. The molecule has 2 heterocycles. The summed E-state index contributed by atoms with van der Waals surface area (Å²) in [5.41, 5.74) is -1.26. The van der Waals surface area contributed by atoms with Crippen molar-refractivity contribution in [3.63, 3.8) is 0 Å². The molecular weight excluding hydrogens is 511 g/mol. The molecule has 1 saturated heterocycles. The van der Waals surface area contributed by atoms with Crippen LogP contribution in [0, 0.1) is 0 Å². The number of nitrogens with one attached hydrogen (secondary N) is 1. The number of aliphatic hydroxyl groups excluding tert-OH is 1. The van der Waals surface area contributed by atoms with Gasteiger partial charge in [0, 0.05) is 23.4 Å². The van der Waals surface area contributed by atoms with Gasteiger partial charge in [0.1, 0.15) is 12.2 Å². The van der Waals surface area contributed by atoms with Gasteiger partial charge < -0.3 is 14.6 Å². The molecule has 0 aliphatic carbocycles. The fourth-order valence-corrected chi connectivity index (χ4v) is 5.45. The van der Waals surface area contributed by atoms with Gasteiger partial charge in [0.15, 0.2) is 12.3 Å². The van der Waals surface area contributed by atoms with E-state index in [1.165, 1.54) is 95.7 Å². The number of H-pyrrole nitrogens is 1. The Hall–Kier alpha value is -1.42. The molecule has 1 fully saturated rings. The number of hydrogen-bond acceptors (Lipinski definition) is 7. The van der Waals surface area contributed by atoms with E-state index in [1.807, 2.05) is 0 Å². The molecule has 218 valence electrons. The molecule has 0 radical (unpaired) electrons. The van der Waals surface area contributed by atoms with E-state index in [1.54, 1.807) is 0 Å². The van der Waals surface area contributed by atoms with E-state index in [9.17, 15) is 24.2 Å². The normalized spacial score (nSPS) is 21.7. The number of ether oxygens (including phenoxy) is 2. The summed E-state index contributed by atoms with van der Waals surface area (Å²) in [5.74, 6) is 0. The molecule has 1 aliphatic rings. The second-order valence-electron chi connectivity index (χ2n) is 10.2. The second-order valence-corrected chi connectivity index (χ2v) is 10.9. The molecule has 5 atom stereocenters. The lowest BCUT2D eigenvalue weighted by atomic mass is 10.0. The highest BCUT2D eigenvalue weighted by Crippen LogP contribution is 2.37. The van der Waals surface area contributed by atoms with E-state index in [0.29, 0.717) is 6.61 Å². The van der Waals surface area contributed by atoms with Crippen LogP contribution in [-0.2, 0) is 18.6 Å². The van der Waals surface area contributed by atoms with Crippen molar-refractivity contribution < 1.29 is 28.6 Å². The van der Waals surface area contributed by atoms with Gasteiger partial charge in [-0.25, -0.2) is 4.79 Å². The lowest BCUT2D eigenvalue weighted by molar-refractivity contribution is -0.0744. The summed E-state index contributed by atoms with van der Waals surface area (Å²) in [4.78, 5) is 35.2. The predicted octanol–water partition coefficient (Wildman–Crippen LogP) is 5.11. The van der Waals surface area contributed by atoms with Crippen molar-refractivity contribution in [3.05, 3.63) is 33.1 Å². The van der Waals surface area contributed by atoms with Crippen LogP contribution in [-0.4, -0.2) is 51.1 Å². The fraction of sp³-hybridized carbons (Fsp3) is 0.852. The number of nitrogens with zero attached hydrogens (tertiary/aromatic N) is 1. The van der Waals surface area contributed by atoms with E-state index in [2.05, 4.69) is 11.9 Å². The largest absolute Gasteiger partial charge is 0.695 e. The van der Waals surface area contributed by atoms with Gasteiger partial charge in [-0.05, 0) is 6.42 Å². The molecule has 38 heavy (non-hydrogen) atoms. The Labute approximate surface area is 227 Å². The van der Waals surface area contributed by atoms with Crippen LogP contribution in [0.5, 0.6) is 0 Å². The maximum Gasteiger partial charge on any atom is 0.695 e. The van der Waals surface area contributed by atoms with Crippen LogP contribution in [0.2, 0.25) is 0 Å². The maximum atomic E-state index is 12.3. The van der Waals surface area contributed by atoms with E-state index in [0.717, 1.165) is 23.8 Å². The van der Waals surface area contributed by atoms with Crippen LogP contribution in [0.25, 0.3) is 0 Å². The Kier molecular flexibility index (Phi) is 16.9. The first-order valence-electron chi connectivity index (χ1n) is 14.5. The third-order valence-corrected chi connectivity index (χ3v) is 7.53. The molecule has 1 aromatic rings. The van der Waals surface area contributed by atoms with E-state index in [-0.39, 0.29) is 0 Å². The number of aromatic amines is 1. The minimum Gasteiger partial charge on any atom is -0.394 e. The van der Waals surface area contributed by atoms with Crippen molar-refractivity contribution in [3.8, 4) is 0 Å². The van der Waals surface area contributed by atoms with Crippen LogP contribution in [0.1, 0.15) is 116 Å². The molecule has 0 aromatic carbocycles. The Morgan fingerprint density at radius 2 is 1.42 bits per heavy atom. The summed E-state index contributed by atoms with van der Waals surface area (Å²) in [6, 6.07) is 1.17. The first-order valence-corrected chi connectivity index (χ1v) is 15.6. The molecule has 0 amide bonds. The zero-order valence-electron chi connectivity index (χ0n) is 22.9. The van der Waals surface area contributed by atoms with Crippen LogP contribution < -0.4 is 11.2 Å². The van der Waals surface area contributed by atoms with Crippen molar-refractivity contribution in [2.75, 3.05) is 13.2 Å². The van der Waals surface area contributed by atoms with Gasteiger partial charge >= 0.3 is 13.9 Å². The third-order valence-electron chi connectivity index (χ3n) is 7.11. The average molecular weight is 560 g/mol. The Morgan fingerprint density at radius 1 is 0.895 bits per heavy atom. The summed E-state index contributed by atoms with van der Waals surface area (Å²) in [6.07, 6.45) is 17.5. The lowest BCUT2D eigenvalue weighted by Crippen LogP contribution is -2.40. The smallest absolute Gasteiger partial charge is 0.394 e. The van der Waals surface area contributed by atoms with Crippen molar-refractivity contribution in [2.24, 2.45) is 0 Å². The number of rotatable bonds is 22. The standard InChI is InChI=1S/C27H47N2O8P/c1-2-3-4-5-6-7-8-9-10-11-12-13-14-15-16-17-20-35-25-24(37-38(33)34)22(21-30)36-26(25)29-19-18-23(31)28-27(29)32/h18-19,22,24-26,30H,2-17,20-21H2,1H3,(H-,28,31,32,33,34)/p+1/t22-,24+,25?,26-/m1/s1. The monoisotopic (exact) mass is 559 g/mol. The highest BCUT2D eigenvalue weighted by Gasteiger charge is 2.51. The van der Waals surface area contributed by atoms with Crippen LogP contribution in [0.4, 0.5) is 0 Å². The molecule has 2 unspecified atom stereocenters. The Balaban J connectivity index is 1.64. The molecular formula is C27H48N2O8P+. The second kappa shape index (κ2) is 19.6. The minimum absolute atomic E-state index is 0.349. The van der Waals surface area contributed by atoms with Crippen molar-refractivity contribution in [1.82, 2.24) is 9.55 Å². The van der Waals surface area contributed by atoms with E-state index in [4.69, 9.17) is 14.0 Å². The van der Waals surface area contributed by atoms with Gasteiger partial charge in [0.2, 0.25) is 0 Å². The molecule has 3 N–H and O–H groups in total. The average Bonchev–Trinajstić information content (AvgIpc) is 3.22. The molecule has 0 saturated carbocycles. The number of hydrogen-bond donors (Lipinski definition) is 3. The zero-order chi connectivity index (χ0) is 27.6. The molecule has 10 nitrogen and oxygen atoms in total. The summed E-state index contributed by atoms with van der Waals surface area (Å²) in [5, 5.41) is 9.68. The van der Waals surface area contributed by atoms with Crippen molar-refractivity contribution in [1.29, 1.82) is 0 Å². The fourth-order valence-electron chi connectivity index (χ4n) is 4.98. The SMILES string of the molecule is CCCCCCCCCCCCCCCCCCOC1[C@@H](O[P+](=O)O)[C@@H](CO)O[C@H]1n1ccc(=O)[nH]c1=O. The lowest BCUT2D eigenvalue weighted by Gasteiger charge is -2.22. The third kappa shape index (κ3) is 12.2. The summed E-state index contributed by atoms with van der Waals surface area (Å²) >= 11 is 0. The zero-order valence-corrected chi connectivity index (χ0v) is 23.8. The topological polar surface area (TPSA) is 140 Å². The molecule has 0 bridgehead atoms. The first-order chi connectivity index (χ1) is 18.5. The quantitative estimate of drug-likeness (QED) is 0.132. The molecule has 1 aliphatic heterocycles. The van der Waals surface area contributed by atoms with Crippen LogP contribution in [0.3, 0.4) is 0 Å². The van der Waals surface area contributed by atoms with E-state index >= 15 is 0 Å². The summed E-state index contributed by atoms with van der Waals surface area (Å²) < 4.78 is 29.3. The van der Waals surface area contributed by atoms with Gasteiger partial charge in [-0.1, -0.05) is 103 Å². The number of aliphatic hydroxyl groups is 1. The summed E-state index contributed by atoms with van der Waals surface area (Å²) in [6.45, 7) is 2.12. The van der Waals surface area contributed by atoms with Gasteiger partial charge in [-0.2, -0.15) is 0 Å². The molecule has 1 aromatic heterocycles. The van der Waals surface area contributed by atoms with E-state index < -0.39 is 50.7 Å². The first kappa shape index (κ1) is 32.8. The number of aromatic nitrogens is 2. The van der Waals surface area contributed by atoms with Gasteiger partial charge in [0.25, 0.3) is 5.56 Å². The Morgan fingerprint density at radius 3 is 1.89 bits per heavy atom. The van der Waals surface area contributed by atoms with Crippen molar-refractivity contribution in [2.45, 2.75) is 134 Å². The maximum absolute atomic E-state index is 12.3. The Bertz CT molecular complexity index is 892. The highest BCUT2D eigenvalue weighted by atomic mass is 31.1. The van der Waals surface area contributed by atoms with Crippen LogP contribution in [0.15, 0.2) is 21.9 Å². The predicted molar refractivity (Wildman–Crippen MR) is 146 cm³/mol. The highest BCUT2D eigenvalue weighted by molar-refractivity contribution is 7.32. The van der Waals surface area contributed by atoms with Gasteiger partial charge in [-0.3, -0.25) is 14.3 Å².